The molecule has 0 saturated heterocycles. The van der Waals surface area contributed by atoms with Gasteiger partial charge >= 0.3 is 0 Å². The maximum absolute atomic E-state index is 4.16. The van der Waals surface area contributed by atoms with Crippen molar-refractivity contribution in [2.24, 2.45) is 13.0 Å². The van der Waals surface area contributed by atoms with Crippen LogP contribution in [-0.2, 0) is 13.5 Å². The van der Waals surface area contributed by atoms with Gasteiger partial charge in [-0.3, -0.25) is 4.68 Å². The van der Waals surface area contributed by atoms with E-state index in [-0.39, 0.29) is 0 Å². The van der Waals surface area contributed by atoms with E-state index in [1.165, 1.54) is 24.8 Å². The molecule has 2 rings (SSSR count). The number of rotatable bonds is 5. The SMILES string of the molecule is Cn1cc(CCNCC2CC=CCC2)cn1. The zero-order valence-corrected chi connectivity index (χ0v) is 10.0. The summed E-state index contributed by atoms with van der Waals surface area (Å²) in [5.74, 6) is 0.846. The van der Waals surface area contributed by atoms with Crippen LogP contribution in [0.1, 0.15) is 24.8 Å². The van der Waals surface area contributed by atoms with Gasteiger partial charge in [0.15, 0.2) is 0 Å². The zero-order chi connectivity index (χ0) is 11.2. The van der Waals surface area contributed by atoms with Crippen LogP contribution in [-0.4, -0.2) is 22.9 Å². The van der Waals surface area contributed by atoms with Gasteiger partial charge in [-0.1, -0.05) is 12.2 Å². The summed E-state index contributed by atoms with van der Waals surface area (Å²) in [4.78, 5) is 0. The van der Waals surface area contributed by atoms with Gasteiger partial charge in [0.2, 0.25) is 0 Å². The molecule has 88 valence electrons. The summed E-state index contributed by atoms with van der Waals surface area (Å²) < 4.78 is 1.86. The van der Waals surface area contributed by atoms with Crippen molar-refractivity contribution in [1.29, 1.82) is 0 Å². The molecule has 1 atom stereocenters. The number of nitrogens with one attached hydrogen (secondary N) is 1. The highest BCUT2D eigenvalue weighted by molar-refractivity contribution is 5.03. The highest BCUT2D eigenvalue weighted by atomic mass is 15.2. The molecule has 0 aromatic carbocycles. The van der Waals surface area contributed by atoms with Crippen molar-refractivity contribution < 1.29 is 0 Å². The van der Waals surface area contributed by atoms with Crippen molar-refractivity contribution in [1.82, 2.24) is 15.1 Å². The zero-order valence-electron chi connectivity index (χ0n) is 10.0. The van der Waals surface area contributed by atoms with Crippen LogP contribution in [0.3, 0.4) is 0 Å². The molecule has 0 fully saturated rings. The minimum atomic E-state index is 0.846. The number of hydrogen-bond donors (Lipinski definition) is 1. The van der Waals surface area contributed by atoms with Gasteiger partial charge in [0, 0.05) is 13.2 Å². The van der Waals surface area contributed by atoms with Gasteiger partial charge < -0.3 is 5.32 Å². The van der Waals surface area contributed by atoms with Crippen LogP contribution in [0.5, 0.6) is 0 Å². The van der Waals surface area contributed by atoms with Crippen molar-refractivity contribution in [3.63, 3.8) is 0 Å². The predicted molar refractivity (Wildman–Crippen MR) is 66.3 cm³/mol. The Hall–Kier alpha value is -1.09. The monoisotopic (exact) mass is 219 g/mol. The Morgan fingerprint density at radius 3 is 3.12 bits per heavy atom. The molecule has 0 radical (unpaired) electrons. The molecule has 1 heterocycles. The van der Waals surface area contributed by atoms with Crippen molar-refractivity contribution >= 4 is 0 Å². The van der Waals surface area contributed by atoms with Crippen molar-refractivity contribution in [2.75, 3.05) is 13.1 Å². The van der Waals surface area contributed by atoms with Crippen LogP contribution < -0.4 is 5.32 Å². The molecule has 16 heavy (non-hydrogen) atoms. The van der Waals surface area contributed by atoms with E-state index in [0.717, 1.165) is 25.4 Å². The average molecular weight is 219 g/mol. The summed E-state index contributed by atoms with van der Waals surface area (Å²) in [6.07, 6.45) is 13.6. The van der Waals surface area contributed by atoms with E-state index >= 15 is 0 Å². The molecule has 1 aliphatic carbocycles. The Kier molecular flexibility index (Phi) is 4.17. The standard InChI is InChI=1S/C13H21N3/c1-16-11-13(10-15-16)7-8-14-9-12-5-3-2-4-6-12/h2-3,10-12,14H,4-9H2,1H3. The number of aromatic nitrogens is 2. The van der Waals surface area contributed by atoms with E-state index in [4.69, 9.17) is 0 Å². The van der Waals surface area contributed by atoms with E-state index in [0.29, 0.717) is 0 Å². The van der Waals surface area contributed by atoms with Crippen LogP contribution in [0.25, 0.3) is 0 Å². The van der Waals surface area contributed by atoms with Gasteiger partial charge in [-0.25, -0.2) is 0 Å². The molecule has 1 aromatic rings. The van der Waals surface area contributed by atoms with E-state index in [2.05, 4.69) is 28.8 Å². The Morgan fingerprint density at radius 2 is 2.44 bits per heavy atom. The van der Waals surface area contributed by atoms with Gasteiger partial charge in [-0.05, 0) is 50.3 Å². The molecule has 1 aromatic heterocycles. The first-order chi connectivity index (χ1) is 7.84. The molecular formula is C13H21N3. The minimum absolute atomic E-state index is 0.846. The van der Waals surface area contributed by atoms with Crippen molar-refractivity contribution in [3.05, 3.63) is 30.1 Å². The molecule has 1 unspecified atom stereocenters. The van der Waals surface area contributed by atoms with Crippen molar-refractivity contribution in [3.8, 4) is 0 Å². The van der Waals surface area contributed by atoms with Crippen molar-refractivity contribution in [2.45, 2.75) is 25.7 Å². The lowest BCUT2D eigenvalue weighted by Gasteiger charge is -2.17. The van der Waals surface area contributed by atoms with Gasteiger partial charge in [0.25, 0.3) is 0 Å². The summed E-state index contributed by atoms with van der Waals surface area (Å²) in [6.45, 7) is 2.22. The number of allylic oxidation sites excluding steroid dienone is 2. The number of nitrogens with zero attached hydrogens (tertiary/aromatic N) is 2. The van der Waals surface area contributed by atoms with E-state index in [1.807, 2.05) is 17.9 Å². The van der Waals surface area contributed by atoms with Gasteiger partial charge in [0.05, 0.1) is 6.20 Å². The fraction of sp³-hybridized carbons (Fsp3) is 0.615. The maximum atomic E-state index is 4.16. The fourth-order valence-corrected chi connectivity index (χ4v) is 2.18. The van der Waals surface area contributed by atoms with Gasteiger partial charge in [-0.2, -0.15) is 5.10 Å². The van der Waals surface area contributed by atoms with Crippen LogP contribution in [0.2, 0.25) is 0 Å². The Labute approximate surface area is 97.5 Å². The topological polar surface area (TPSA) is 29.9 Å². The predicted octanol–water partition coefficient (Wildman–Crippen LogP) is 1.91. The number of hydrogen-bond acceptors (Lipinski definition) is 2. The van der Waals surface area contributed by atoms with Crippen LogP contribution >= 0.6 is 0 Å². The Morgan fingerprint density at radius 1 is 1.50 bits per heavy atom. The van der Waals surface area contributed by atoms with Crippen LogP contribution in [0.15, 0.2) is 24.5 Å². The highest BCUT2D eigenvalue weighted by Crippen LogP contribution is 2.16. The largest absolute Gasteiger partial charge is 0.316 e. The van der Waals surface area contributed by atoms with Crippen LogP contribution in [0.4, 0.5) is 0 Å². The second kappa shape index (κ2) is 5.85. The third-order valence-corrected chi connectivity index (χ3v) is 3.16. The molecule has 1 N–H and O–H groups in total. The lowest BCUT2D eigenvalue weighted by molar-refractivity contribution is 0.442. The maximum Gasteiger partial charge on any atom is 0.0522 e. The molecule has 0 aliphatic heterocycles. The third kappa shape index (κ3) is 3.49. The lowest BCUT2D eigenvalue weighted by Crippen LogP contribution is -2.25. The van der Waals surface area contributed by atoms with E-state index < -0.39 is 0 Å². The normalized spacial score (nSPS) is 20.2. The Bertz CT molecular complexity index is 341. The van der Waals surface area contributed by atoms with E-state index in [1.54, 1.807) is 0 Å². The van der Waals surface area contributed by atoms with E-state index in [9.17, 15) is 0 Å². The second-order valence-electron chi connectivity index (χ2n) is 4.63. The van der Waals surface area contributed by atoms with Gasteiger partial charge in [-0.15, -0.1) is 0 Å². The average Bonchev–Trinajstić information content (AvgIpc) is 2.72. The molecular weight excluding hydrogens is 198 g/mol. The summed E-state index contributed by atoms with van der Waals surface area (Å²) in [5.41, 5.74) is 1.32. The lowest BCUT2D eigenvalue weighted by atomic mass is 9.94. The molecule has 0 saturated carbocycles. The number of aryl methyl sites for hydroxylation is 1. The molecule has 0 bridgehead atoms. The molecule has 3 nitrogen and oxygen atoms in total. The van der Waals surface area contributed by atoms with Crippen LogP contribution in [0, 0.1) is 5.92 Å². The fourth-order valence-electron chi connectivity index (χ4n) is 2.18. The quantitative estimate of drug-likeness (QED) is 0.605. The highest BCUT2D eigenvalue weighted by Gasteiger charge is 2.08. The summed E-state index contributed by atoms with van der Waals surface area (Å²) in [6, 6.07) is 0. The molecule has 3 heteroatoms. The summed E-state index contributed by atoms with van der Waals surface area (Å²) in [5, 5.41) is 7.71. The minimum Gasteiger partial charge on any atom is -0.316 e. The first-order valence-corrected chi connectivity index (χ1v) is 6.18. The summed E-state index contributed by atoms with van der Waals surface area (Å²) >= 11 is 0. The second-order valence-corrected chi connectivity index (χ2v) is 4.63. The molecule has 0 amide bonds. The smallest absolute Gasteiger partial charge is 0.0522 e. The molecule has 0 spiro atoms. The summed E-state index contributed by atoms with van der Waals surface area (Å²) in [7, 11) is 1.96. The first kappa shape index (κ1) is 11.4. The Balaban J connectivity index is 1.59. The first-order valence-electron chi connectivity index (χ1n) is 6.18. The van der Waals surface area contributed by atoms with Gasteiger partial charge in [0.1, 0.15) is 0 Å². The molecule has 1 aliphatic rings. The third-order valence-electron chi connectivity index (χ3n) is 3.16.